The maximum absolute atomic E-state index is 11.6. The van der Waals surface area contributed by atoms with E-state index >= 15 is 0 Å². The maximum Gasteiger partial charge on any atom is 0.179 e. The van der Waals surface area contributed by atoms with Gasteiger partial charge in [0.25, 0.3) is 0 Å². The first-order valence-electron chi connectivity index (χ1n) is 4.52. The quantitative estimate of drug-likeness (QED) is 0.765. The molecule has 88 valence electrons. The maximum atomic E-state index is 11.6. The number of hydrogen-bond donors (Lipinski definition) is 1. The van der Waals surface area contributed by atoms with E-state index in [2.05, 4.69) is 0 Å². The van der Waals surface area contributed by atoms with Crippen LogP contribution in [0.1, 0.15) is 10.4 Å². The molecule has 0 aliphatic carbocycles. The van der Waals surface area contributed by atoms with Crippen molar-refractivity contribution in [1.82, 2.24) is 0 Å². The van der Waals surface area contributed by atoms with Gasteiger partial charge >= 0.3 is 0 Å². The minimum absolute atomic E-state index is 0.0735. The molecule has 0 heterocycles. The lowest BCUT2D eigenvalue weighted by Gasteiger charge is -2.10. The van der Waals surface area contributed by atoms with Crippen LogP contribution in [-0.4, -0.2) is 34.1 Å². The third-order valence-corrected chi connectivity index (χ3v) is 3.22. The number of carbonyl (C=O) groups excluding carboxylic acids is 1. The van der Waals surface area contributed by atoms with Crippen LogP contribution in [0.2, 0.25) is 0 Å². The van der Waals surface area contributed by atoms with Gasteiger partial charge in [-0.15, -0.1) is 0 Å². The van der Waals surface area contributed by atoms with Gasteiger partial charge in [0.1, 0.15) is 10.6 Å². The van der Waals surface area contributed by atoms with Gasteiger partial charge < -0.3 is 10.5 Å². The van der Waals surface area contributed by atoms with Gasteiger partial charge in [-0.25, -0.2) is 8.42 Å². The number of hydrogen-bond acceptors (Lipinski definition) is 5. The zero-order chi connectivity index (χ0) is 12.3. The average Bonchev–Trinajstić information content (AvgIpc) is 2.25. The van der Waals surface area contributed by atoms with Crippen LogP contribution in [-0.2, 0) is 9.84 Å². The average molecular weight is 243 g/mol. The summed E-state index contributed by atoms with van der Waals surface area (Å²) in [5.74, 6) is -0.277. The number of ketones is 1. The summed E-state index contributed by atoms with van der Waals surface area (Å²) in [6.45, 7) is -0.240. The van der Waals surface area contributed by atoms with Gasteiger partial charge in [-0.05, 0) is 12.1 Å². The van der Waals surface area contributed by atoms with Gasteiger partial charge in [-0.2, -0.15) is 0 Å². The molecule has 0 saturated carbocycles. The van der Waals surface area contributed by atoms with E-state index in [-0.39, 0.29) is 22.8 Å². The standard InChI is InChI=1S/C10H13NO4S/c1-15-9-5-3-4-7(8(12)6-11)10(9)16(2,13)14/h3-5H,6,11H2,1-2H3. The van der Waals surface area contributed by atoms with Crippen LogP contribution in [0.3, 0.4) is 0 Å². The van der Waals surface area contributed by atoms with Gasteiger partial charge in [0.15, 0.2) is 15.6 Å². The molecule has 0 bridgehead atoms. The Bertz CT molecular complexity index is 508. The zero-order valence-electron chi connectivity index (χ0n) is 9.06. The number of nitrogens with two attached hydrogens (primary N) is 1. The topological polar surface area (TPSA) is 86.5 Å². The number of ether oxygens (including phenoxy) is 1. The fourth-order valence-electron chi connectivity index (χ4n) is 1.39. The molecule has 1 aromatic rings. The number of rotatable bonds is 4. The second-order valence-corrected chi connectivity index (χ2v) is 5.19. The highest BCUT2D eigenvalue weighted by Gasteiger charge is 2.22. The molecule has 2 N–H and O–H groups in total. The lowest BCUT2D eigenvalue weighted by molar-refractivity contribution is 0.0997. The Kier molecular flexibility index (Phi) is 3.66. The van der Waals surface area contributed by atoms with E-state index in [1.807, 2.05) is 0 Å². The van der Waals surface area contributed by atoms with Gasteiger partial charge in [-0.3, -0.25) is 4.79 Å². The summed E-state index contributed by atoms with van der Waals surface area (Å²) in [6, 6.07) is 4.47. The Morgan fingerprint density at radius 1 is 1.44 bits per heavy atom. The second-order valence-electron chi connectivity index (χ2n) is 3.24. The van der Waals surface area contributed by atoms with E-state index in [9.17, 15) is 13.2 Å². The van der Waals surface area contributed by atoms with Crippen molar-refractivity contribution in [2.75, 3.05) is 19.9 Å². The van der Waals surface area contributed by atoms with Gasteiger partial charge in [0.05, 0.1) is 13.7 Å². The van der Waals surface area contributed by atoms with Gasteiger partial charge in [0, 0.05) is 11.8 Å². The summed E-state index contributed by atoms with van der Waals surface area (Å²) in [6.07, 6.45) is 1.03. The van der Waals surface area contributed by atoms with Crippen LogP contribution in [0, 0.1) is 0 Å². The summed E-state index contributed by atoms with van der Waals surface area (Å²) < 4.78 is 28.1. The molecule has 0 fully saturated rings. The van der Waals surface area contributed by atoms with Crippen molar-refractivity contribution >= 4 is 15.6 Å². The number of carbonyl (C=O) groups is 1. The Hall–Kier alpha value is -1.40. The molecule has 1 aromatic carbocycles. The molecule has 0 atom stereocenters. The van der Waals surface area contributed by atoms with Crippen LogP contribution in [0.15, 0.2) is 23.1 Å². The highest BCUT2D eigenvalue weighted by Crippen LogP contribution is 2.27. The molecular weight excluding hydrogens is 230 g/mol. The highest BCUT2D eigenvalue weighted by molar-refractivity contribution is 7.90. The fraction of sp³-hybridized carbons (Fsp3) is 0.300. The van der Waals surface area contributed by atoms with Crippen LogP contribution >= 0.6 is 0 Å². The SMILES string of the molecule is COc1cccc(C(=O)CN)c1S(C)(=O)=O. The van der Waals surface area contributed by atoms with Crippen molar-refractivity contribution in [3.63, 3.8) is 0 Å². The fourth-order valence-corrected chi connectivity index (χ4v) is 2.49. The van der Waals surface area contributed by atoms with Crippen molar-refractivity contribution in [2.24, 2.45) is 5.73 Å². The molecule has 0 spiro atoms. The van der Waals surface area contributed by atoms with Crippen LogP contribution in [0.4, 0.5) is 0 Å². The molecule has 0 aliphatic rings. The molecule has 1 rings (SSSR count). The zero-order valence-corrected chi connectivity index (χ0v) is 9.87. The van der Waals surface area contributed by atoms with Crippen molar-refractivity contribution < 1.29 is 17.9 Å². The monoisotopic (exact) mass is 243 g/mol. The van der Waals surface area contributed by atoms with Crippen LogP contribution < -0.4 is 10.5 Å². The first-order chi connectivity index (χ1) is 7.41. The smallest absolute Gasteiger partial charge is 0.179 e. The van der Waals surface area contributed by atoms with E-state index in [1.54, 1.807) is 6.07 Å². The molecule has 0 unspecified atom stereocenters. The molecule has 0 radical (unpaired) electrons. The predicted molar refractivity (Wildman–Crippen MR) is 59.5 cm³/mol. The first-order valence-corrected chi connectivity index (χ1v) is 6.41. The van der Waals surface area contributed by atoms with Gasteiger partial charge in [0.2, 0.25) is 0 Å². The van der Waals surface area contributed by atoms with Crippen molar-refractivity contribution in [1.29, 1.82) is 0 Å². The normalized spacial score (nSPS) is 11.2. The first kappa shape index (κ1) is 12.7. The third kappa shape index (κ3) is 2.40. The van der Waals surface area contributed by atoms with Crippen LogP contribution in [0.25, 0.3) is 0 Å². The Balaban J connectivity index is 3.57. The molecule has 16 heavy (non-hydrogen) atoms. The van der Waals surface area contributed by atoms with E-state index in [4.69, 9.17) is 10.5 Å². The van der Waals surface area contributed by atoms with Crippen molar-refractivity contribution in [2.45, 2.75) is 4.90 Å². The molecular formula is C10H13NO4S. The molecule has 0 amide bonds. The number of methoxy groups -OCH3 is 1. The summed E-state index contributed by atoms with van der Waals surface area (Å²) in [7, 11) is -2.18. The van der Waals surface area contributed by atoms with E-state index < -0.39 is 15.6 Å². The van der Waals surface area contributed by atoms with Gasteiger partial charge in [-0.1, -0.05) is 6.07 Å². The summed E-state index contributed by atoms with van der Waals surface area (Å²) >= 11 is 0. The Morgan fingerprint density at radius 2 is 2.06 bits per heavy atom. The van der Waals surface area contributed by atoms with E-state index in [1.165, 1.54) is 19.2 Å². The minimum atomic E-state index is -3.53. The summed E-state index contributed by atoms with van der Waals surface area (Å²) in [4.78, 5) is 11.4. The number of sulfone groups is 1. The summed E-state index contributed by atoms with van der Waals surface area (Å²) in [5, 5.41) is 0. The van der Waals surface area contributed by atoms with E-state index in [0.717, 1.165) is 6.26 Å². The largest absolute Gasteiger partial charge is 0.495 e. The summed E-state index contributed by atoms with van der Waals surface area (Å²) in [5.41, 5.74) is 5.30. The molecule has 0 aromatic heterocycles. The lowest BCUT2D eigenvalue weighted by Crippen LogP contribution is -2.17. The minimum Gasteiger partial charge on any atom is -0.495 e. The predicted octanol–water partition coefficient (Wildman–Crippen LogP) is 0.240. The highest BCUT2D eigenvalue weighted by atomic mass is 32.2. The number of benzene rings is 1. The molecule has 6 heteroatoms. The van der Waals surface area contributed by atoms with Crippen molar-refractivity contribution in [3.05, 3.63) is 23.8 Å². The Labute approximate surface area is 94.1 Å². The van der Waals surface area contributed by atoms with E-state index in [0.29, 0.717) is 0 Å². The lowest BCUT2D eigenvalue weighted by atomic mass is 10.1. The van der Waals surface area contributed by atoms with Crippen LogP contribution in [0.5, 0.6) is 5.75 Å². The second kappa shape index (κ2) is 4.63. The number of Topliss-reactive ketones (excluding diaryl/α,β-unsaturated/α-hetero) is 1. The van der Waals surface area contributed by atoms with Crippen molar-refractivity contribution in [3.8, 4) is 5.75 Å². The third-order valence-electron chi connectivity index (χ3n) is 2.06. The molecule has 0 saturated heterocycles. The molecule has 5 nitrogen and oxygen atoms in total. The molecule has 0 aliphatic heterocycles. The Morgan fingerprint density at radius 3 is 2.50 bits per heavy atom.